The number of fused-ring (bicyclic) bond motifs is 1. The molecule has 5 nitrogen and oxygen atoms in total. The summed E-state index contributed by atoms with van der Waals surface area (Å²) < 4.78 is 0. The van der Waals surface area contributed by atoms with E-state index in [0.717, 1.165) is 13.0 Å². The Morgan fingerprint density at radius 2 is 1.83 bits per heavy atom. The van der Waals surface area contributed by atoms with Crippen LogP contribution in [0.25, 0.3) is 10.9 Å². The number of benzene rings is 1. The Morgan fingerprint density at radius 3 is 2.62 bits per heavy atom. The fraction of sp³-hybridized carbons (Fsp3) is 0.526. The molecule has 0 bridgehead atoms. The Morgan fingerprint density at radius 1 is 1.08 bits per heavy atom. The Kier molecular flexibility index (Phi) is 7.28. The van der Waals surface area contributed by atoms with Crippen LogP contribution in [0.15, 0.2) is 29.1 Å². The number of aliphatic hydroxyl groups excluding tert-OH is 1. The number of phenolic OH excluding ortho intramolecular Hbond substituents is 1. The van der Waals surface area contributed by atoms with Crippen molar-refractivity contribution in [1.29, 1.82) is 0 Å². The van der Waals surface area contributed by atoms with E-state index in [1.54, 1.807) is 12.1 Å². The maximum Gasteiger partial charge on any atom is 0.248 e. The predicted molar refractivity (Wildman–Crippen MR) is 97.4 cm³/mol. The molecule has 0 amide bonds. The highest BCUT2D eigenvalue weighted by molar-refractivity contribution is 5.87. The number of rotatable bonds is 10. The number of aromatic nitrogens is 1. The molecule has 132 valence electrons. The second-order valence-corrected chi connectivity index (χ2v) is 6.27. The average Bonchev–Trinajstić information content (AvgIpc) is 2.58. The largest absolute Gasteiger partial charge is 0.506 e. The van der Waals surface area contributed by atoms with Gasteiger partial charge in [-0.05, 0) is 30.7 Å². The van der Waals surface area contributed by atoms with Gasteiger partial charge in [-0.2, -0.15) is 0 Å². The lowest BCUT2D eigenvalue weighted by molar-refractivity contribution is 0.176. The highest BCUT2D eigenvalue weighted by Crippen LogP contribution is 2.28. The van der Waals surface area contributed by atoms with Crippen molar-refractivity contribution in [2.24, 2.45) is 0 Å². The van der Waals surface area contributed by atoms with E-state index in [-0.39, 0.29) is 11.3 Å². The first kappa shape index (κ1) is 18.5. The number of hydrogen-bond acceptors (Lipinski definition) is 4. The molecule has 0 saturated heterocycles. The van der Waals surface area contributed by atoms with Gasteiger partial charge in [-0.25, -0.2) is 0 Å². The molecular weight excluding hydrogens is 304 g/mol. The molecule has 2 aromatic rings. The molecule has 1 atom stereocenters. The maximum atomic E-state index is 11.4. The van der Waals surface area contributed by atoms with E-state index in [1.165, 1.54) is 44.2 Å². The number of nitrogens with one attached hydrogen (secondary N) is 2. The number of unbranched alkanes of at least 4 members (excludes halogenated alkanes) is 5. The summed E-state index contributed by atoms with van der Waals surface area (Å²) in [5.41, 5.74) is 0.801. The second kappa shape index (κ2) is 9.45. The number of aliphatic hydroxyl groups is 1. The Hall–Kier alpha value is -1.85. The zero-order chi connectivity index (χ0) is 17.4. The summed E-state index contributed by atoms with van der Waals surface area (Å²) in [6.07, 6.45) is 6.79. The number of H-pyrrole nitrogens is 1. The highest BCUT2D eigenvalue weighted by Gasteiger charge is 2.13. The van der Waals surface area contributed by atoms with E-state index >= 15 is 0 Å². The van der Waals surface area contributed by atoms with E-state index < -0.39 is 6.10 Å². The normalized spacial score (nSPS) is 12.6. The molecular formula is C19H28N2O3. The van der Waals surface area contributed by atoms with Gasteiger partial charge < -0.3 is 20.5 Å². The number of hydrogen-bond donors (Lipinski definition) is 4. The number of phenols is 1. The van der Waals surface area contributed by atoms with Gasteiger partial charge in [0, 0.05) is 18.0 Å². The van der Waals surface area contributed by atoms with Gasteiger partial charge in [0.05, 0.1) is 11.6 Å². The summed E-state index contributed by atoms with van der Waals surface area (Å²) in [5, 5.41) is 24.2. The third kappa shape index (κ3) is 5.08. The zero-order valence-electron chi connectivity index (χ0n) is 14.3. The number of pyridine rings is 1. The van der Waals surface area contributed by atoms with Gasteiger partial charge in [0.25, 0.3) is 0 Å². The molecule has 1 heterocycles. The minimum Gasteiger partial charge on any atom is -0.506 e. The average molecular weight is 332 g/mol. The zero-order valence-corrected chi connectivity index (χ0v) is 14.3. The summed E-state index contributed by atoms with van der Waals surface area (Å²) in [7, 11) is 0. The van der Waals surface area contributed by atoms with Crippen molar-refractivity contribution in [2.75, 3.05) is 13.1 Å². The van der Waals surface area contributed by atoms with E-state index in [1.807, 2.05) is 0 Å². The molecule has 2 rings (SSSR count). The van der Waals surface area contributed by atoms with Crippen molar-refractivity contribution >= 4 is 10.9 Å². The summed E-state index contributed by atoms with van der Waals surface area (Å²) in [6.45, 7) is 3.55. The smallest absolute Gasteiger partial charge is 0.248 e. The molecule has 0 aliphatic heterocycles. The van der Waals surface area contributed by atoms with Crippen LogP contribution in [0.1, 0.15) is 57.1 Å². The third-order valence-electron chi connectivity index (χ3n) is 4.31. The van der Waals surface area contributed by atoms with Gasteiger partial charge in [0.1, 0.15) is 5.75 Å². The lowest BCUT2D eigenvalue weighted by Gasteiger charge is -2.15. The summed E-state index contributed by atoms with van der Waals surface area (Å²) in [4.78, 5) is 14.0. The van der Waals surface area contributed by atoms with Crippen molar-refractivity contribution in [2.45, 2.75) is 51.6 Å². The number of aromatic hydroxyl groups is 1. The van der Waals surface area contributed by atoms with Crippen LogP contribution >= 0.6 is 0 Å². The molecule has 0 spiro atoms. The van der Waals surface area contributed by atoms with Crippen molar-refractivity contribution in [3.63, 3.8) is 0 Å². The van der Waals surface area contributed by atoms with E-state index in [4.69, 9.17) is 0 Å². The highest BCUT2D eigenvalue weighted by atomic mass is 16.3. The molecule has 0 fully saturated rings. The van der Waals surface area contributed by atoms with Crippen LogP contribution in [0, 0.1) is 0 Å². The van der Waals surface area contributed by atoms with Crippen LogP contribution in [0.5, 0.6) is 5.75 Å². The van der Waals surface area contributed by atoms with Gasteiger partial charge in [0.15, 0.2) is 0 Å². The number of aromatic amines is 1. The van der Waals surface area contributed by atoms with Crippen LogP contribution < -0.4 is 10.9 Å². The summed E-state index contributed by atoms with van der Waals surface area (Å²) >= 11 is 0. The molecule has 0 unspecified atom stereocenters. The molecule has 4 N–H and O–H groups in total. The molecule has 0 aliphatic rings. The molecule has 5 heteroatoms. The van der Waals surface area contributed by atoms with E-state index in [2.05, 4.69) is 17.2 Å². The Bertz CT molecular complexity index is 697. The third-order valence-corrected chi connectivity index (χ3v) is 4.31. The topological polar surface area (TPSA) is 85.3 Å². The lowest BCUT2D eigenvalue weighted by atomic mass is 10.0. The first-order valence-electron chi connectivity index (χ1n) is 8.87. The maximum absolute atomic E-state index is 11.4. The lowest BCUT2D eigenvalue weighted by Crippen LogP contribution is -2.22. The monoisotopic (exact) mass is 332 g/mol. The molecule has 0 radical (unpaired) electrons. The quantitative estimate of drug-likeness (QED) is 0.503. The van der Waals surface area contributed by atoms with Crippen LogP contribution in [-0.2, 0) is 0 Å². The van der Waals surface area contributed by atoms with Crippen LogP contribution in [0.4, 0.5) is 0 Å². The first-order valence-corrected chi connectivity index (χ1v) is 8.87. The van der Waals surface area contributed by atoms with Crippen LogP contribution in [0.3, 0.4) is 0 Å². The summed E-state index contributed by atoms with van der Waals surface area (Å²) in [5.74, 6) is 0.0127. The van der Waals surface area contributed by atoms with E-state index in [0.29, 0.717) is 23.0 Å². The Balaban J connectivity index is 1.87. The fourth-order valence-electron chi connectivity index (χ4n) is 2.93. The minimum atomic E-state index is -0.681. The van der Waals surface area contributed by atoms with Crippen molar-refractivity contribution < 1.29 is 10.2 Å². The SMILES string of the molecule is CCCCCCCCNC[C@H](O)c1ccc(O)c2[nH]c(=O)ccc12. The van der Waals surface area contributed by atoms with Gasteiger partial charge in [0.2, 0.25) is 5.56 Å². The van der Waals surface area contributed by atoms with Gasteiger partial charge in [-0.15, -0.1) is 0 Å². The molecule has 0 aliphatic carbocycles. The van der Waals surface area contributed by atoms with Crippen molar-refractivity contribution in [3.05, 3.63) is 40.2 Å². The van der Waals surface area contributed by atoms with E-state index in [9.17, 15) is 15.0 Å². The predicted octanol–water partition coefficient (Wildman–Crippen LogP) is 3.22. The van der Waals surface area contributed by atoms with Gasteiger partial charge in [-0.1, -0.05) is 45.1 Å². The fourth-order valence-corrected chi connectivity index (χ4v) is 2.93. The minimum absolute atomic E-state index is 0.0127. The van der Waals surface area contributed by atoms with Crippen LogP contribution in [-0.4, -0.2) is 28.3 Å². The van der Waals surface area contributed by atoms with Gasteiger partial charge in [-0.3, -0.25) is 4.79 Å². The summed E-state index contributed by atoms with van der Waals surface area (Å²) in [6, 6.07) is 6.25. The van der Waals surface area contributed by atoms with Crippen LogP contribution in [0.2, 0.25) is 0 Å². The van der Waals surface area contributed by atoms with Crippen molar-refractivity contribution in [1.82, 2.24) is 10.3 Å². The molecule has 24 heavy (non-hydrogen) atoms. The molecule has 0 saturated carbocycles. The first-order chi connectivity index (χ1) is 11.6. The second-order valence-electron chi connectivity index (χ2n) is 6.27. The van der Waals surface area contributed by atoms with Crippen molar-refractivity contribution in [3.8, 4) is 5.75 Å². The Labute approximate surface area is 142 Å². The molecule has 1 aromatic heterocycles. The van der Waals surface area contributed by atoms with Gasteiger partial charge >= 0.3 is 0 Å². The standard InChI is InChI=1S/C19H28N2O3/c1-2-3-4-5-6-7-12-20-13-17(23)14-8-10-16(22)19-15(14)9-11-18(24)21-19/h8-11,17,20,22-23H,2-7,12-13H2,1H3,(H,21,24)/t17-/m0/s1. The molecule has 1 aromatic carbocycles.